The zero-order valence-electron chi connectivity index (χ0n) is 20.2. The molecule has 0 radical (unpaired) electrons. The highest BCUT2D eigenvalue weighted by molar-refractivity contribution is 7.43. The van der Waals surface area contributed by atoms with Crippen LogP contribution in [-0.2, 0) is 20.3 Å². The molecule has 190 valence electrons. The van der Waals surface area contributed by atoms with E-state index in [1.807, 2.05) is 0 Å². The molecule has 1 amide bonds. The lowest BCUT2D eigenvalue weighted by Gasteiger charge is -2.31. The molecule has 33 heavy (non-hydrogen) atoms. The molecule has 0 unspecified atom stereocenters. The Morgan fingerprint density at radius 2 is 1.64 bits per heavy atom. The Kier molecular flexibility index (Phi) is 17.0. The highest BCUT2D eigenvalue weighted by atomic mass is 31.2. The summed E-state index contributed by atoms with van der Waals surface area (Å²) in [6, 6.07) is 1.12. The second-order valence-electron chi connectivity index (χ2n) is 8.68. The molecular weight excluding hydrogens is 441 g/mol. The van der Waals surface area contributed by atoms with Crippen molar-refractivity contribution in [2.75, 3.05) is 6.61 Å². The Balaban J connectivity index is 2.06. The van der Waals surface area contributed by atoms with Gasteiger partial charge in [-0.05, 0) is 50.2 Å². The van der Waals surface area contributed by atoms with Crippen molar-refractivity contribution in [2.45, 2.75) is 109 Å². The summed E-state index contributed by atoms with van der Waals surface area (Å²) in [4.78, 5) is 33.8. The summed E-state index contributed by atoms with van der Waals surface area (Å²) in [5, 5.41) is 2.76. The number of nitrogens with one attached hydrogen (secondary N) is 1. The van der Waals surface area contributed by atoms with Crippen molar-refractivity contribution in [1.29, 1.82) is 0 Å². The maximum absolute atomic E-state index is 12.2. The van der Waals surface area contributed by atoms with Crippen molar-refractivity contribution in [1.82, 2.24) is 5.32 Å². The molecule has 0 saturated heterocycles. The van der Waals surface area contributed by atoms with E-state index in [0.717, 1.165) is 37.7 Å². The smallest absolute Gasteiger partial charge is 0.220 e. The van der Waals surface area contributed by atoms with E-state index >= 15 is 0 Å². The van der Waals surface area contributed by atoms with Gasteiger partial charge in [-0.1, -0.05) is 70.4 Å². The summed E-state index contributed by atoms with van der Waals surface area (Å²) in [5.41, 5.74) is 0.788. The summed E-state index contributed by atoms with van der Waals surface area (Å²) in [5.74, 6) is -0.170. The van der Waals surface area contributed by atoms with Gasteiger partial charge in [-0.25, -0.2) is 0 Å². The van der Waals surface area contributed by atoms with E-state index in [1.54, 1.807) is 6.07 Å². The van der Waals surface area contributed by atoms with Crippen LogP contribution in [0.15, 0.2) is 35.2 Å². The Labute approximate surface area is 199 Å². The van der Waals surface area contributed by atoms with E-state index in [9.17, 15) is 19.1 Å². The minimum Gasteiger partial charge on any atom is -0.790 e. The van der Waals surface area contributed by atoms with Gasteiger partial charge < -0.3 is 28.6 Å². The molecule has 0 saturated carbocycles. The molecule has 0 bridgehead atoms. The molecule has 0 spiro atoms. The van der Waals surface area contributed by atoms with Crippen LogP contribution in [0.3, 0.4) is 0 Å². The van der Waals surface area contributed by atoms with Crippen LogP contribution in [0.5, 0.6) is 0 Å². The number of carbonyl (C=O) groups excluding carboxylic acids is 1. The normalized spacial score (nSPS) is 12.9. The van der Waals surface area contributed by atoms with Crippen molar-refractivity contribution in [2.24, 2.45) is 0 Å². The largest absolute Gasteiger partial charge is 0.790 e. The molecule has 0 aromatic carbocycles. The number of phosphoric ester groups is 1. The van der Waals surface area contributed by atoms with Crippen LogP contribution in [0.25, 0.3) is 0 Å². The number of furan rings is 1. The van der Waals surface area contributed by atoms with E-state index in [2.05, 4.69) is 28.9 Å². The second-order valence-corrected chi connectivity index (χ2v) is 9.83. The number of carbonyl (C=O) groups is 1. The first-order valence-electron chi connectivity index (χ1n) is 12.5. The van der Waals surface area contributed by atoms with Gasteiger partial charge in [0.25, 0.3) is 0 Å². The van der Waals surface area contributed by atoms with Gasteiger partial charge in [0, 0.05) is 6.42 Å². The molecule has 1 aromatic heterocycles. The van der Waals surface area contributed by atoms with Gasteiger partial charge in [-0.15, -0.1) is 0 Å². The van der Waals surface area contributed by atoms with Gasteiger partial charge >= 0.3 is 0 Å². The lowest BCUT2D eigenvalue weighted by atomic mass is 10.1. The predicted molar refractivity (Wildman–Crippen MR) is 127 cm³/mol. The van der Waals surface area contributed by atoms with Gasteiger partial charge in [0.05, 0.1) is 33.0 Å². The summed E-state index contributed by atoms with van der Waals surface area (Å²) in [6.07, 6.45) is 23.8. The molecule has 0 aliphatic heterocycles. The van der Waals surface area contributed by atoms with Crippen LogP contribution in [-0.4, -0.2) is 18.6 Å². The standard InChI is InChI=1S/C25H44NO6P/c1-2-3-4-5-6-7-8-9-10-11-12-13-14-15-16-17-25(27)26-24(22-32-33(28,29)30)20-23-18-19-31-21-23/h9-10,18-19,21,24H,2-8,11-17,20,22H2,1H3,(H,26,27)(H2,28,29,30)/p-2/b10-9-/t24-/m1/s1. The van der Waals surface area contributed by atoms with Crippen molar-refractivity contribution in [3.8, 4) is 0 Å². The highest BCUT2D eigenvalue weighted by Gasteiger charge is 2.15. The predicted octanol–water partition coefficient (Wildman–Crippen LogP) is 5.19. The van der Waals surface area contributed by atoms with Crippen molar-refractivity contribution >= 4 is 13.7 Å². The van der Waals surface area contributed by atoms with E-state index < -0.39 is 13.9 Å². The number of unbranched alkanes of at least 4 members (excludes halogenated alkanes) is 11. The molecule has 1 aromatic rings. The van der Waals surface area contributed by atoms with Gasteiger partial charge in [0.15, 0.2) is 0 Å². The summed E-state index contributed by atoms with van der Waals surface area (Å²) < 4.78 is 20.1. The number of rotatable bonds is 21. The first-order chi connectivity index (χ1) is 15.9. The van der Waals surface area contributed by atoms with E-state index in [-0.39, 0.29) is 12.5 Å². The molecule has 0 fully saturated rings. The quantitative estimate of drug-likeness (QED) is 0.146. The Hall–Kier alpha value is -1.40. The van der Waals surface area contributed by atoms with Crippen molar-refractivity contribution in [3.05, 3.63) is 36.3 Å². The molecule has 0 aliphatic carbocycles. The molecule has 8 heteroatoms. The van der Waals surface area contributed by atoms with Crippen LogP contribution < -0.4 is 15.1 Å². The lowest BCUT2D eigenvalue weighted by molar-refractivity contribution is -0.342. The fraction of sp³-hybridized carbons (Fsp3) is 0.720. The molecule has 1 rings (SSSR count). The fourth-order valence-corrected chi connectivity index (χ4v) is 4.04. The summed E-state index contributed by atoms with van der Waals surface area (Å²) in [7, 11) is -5.09. The Morgan fingerprint density at radius 3 is 2.21 bits per heavy atom. The van der Waals surface area contributed by atoms with Crippen molar-refractivity contribution in [3.63, 3.8) is 0 Å². The van der Waals surface area contributed by atoms with Crippen LogP contribution in [0.4, 0.5) is 0 Å². The van der Waals surface area contributed by atoms with Gasteiger partial charge in [0.1, 0.15) is 0 Å². The number of allylic oxidation sites excluding steroid dienone is 2. The third kappa shape index (κ3) is 18.7. The van der Waals surface area contributed by atoms with Crippen molar-refractivity contribution < 1.29 is 28.1 Å². The Bertz CT molecular complexity index is 670. The SMILES string of the molecule is CCCCCCCC/C=C\CCCCCCCC(=O)N[C@@H](COP(=O)([O-])[O-])Cc1ccoc1. The third-order valence-corrected chi connectivity index (χ3v) is 5.99. The number of hydrogen-bond acceptors (Lipinski definition) is 6. The topological polar surface area (TPSA) is 115 Å². The van der Waals surface area contributed by atoms with Crippen LogP contribution in [0.1, 0.15) is 102 Å². The zero-order valence-corrected chi connectivity index (χ0v) is 21.1. The number of hydrogen-bond donors (Lipinski definition) is 1. The maximum Gasteiger partial charge on any atom is 0.220 e. The maximum atomic E-state index is 12.2. The fourth-order valence-electron chi connectivity index (χ4n) is 3.68. The van der Waals surface area contributed by atoms with Crippen LogP contribution in [0, 0.1) is 0 Å². The van der Waals surface area contributed by atoms with Gasteiger partial charge in [0.2, 0.25) is 5.91 Å². The summed E-state index contributed by atoms with van der Waals surface area (Å²) >= 11 is 0. The molecule has 1 N–H and O–H groups in total. The van der Waals surface area contributed by atoms with E-state index in [1.165, 1.54) is 63.9 Å². The highest BCUT2D eigenvalue weighted by Crippen LogP contribution is 2.25. The van der Waals surface area contributed by atoms with Gasteiger partial charge in [-0.2, -0.15) is 0 Å². The summed E-state index contributed by atoms with van der Waals surface area (Å²) in [6.45, 7) is 1.86. The minimum absolute atomic E-state index is 0.170. The number of phosphoric acid groups is 1. The first kappa shape index (κ1) is 29.6. The van der Waals surface area contributed by atoms with Crippen LogP contribution >= 0.6 is 7.82 Å². The van der Waals surface area contributed by atoms with Crippen LogP contribution in [0.2, 0.25) is 0 Å². The Morgan fingerprint density at radius 1 is 1.03 bits per heavy atom. The average molecular weight is 484 g/mol. The zero-order chi connectivity index (χ0) is 24.2. The lowest BCUT2D eigenvalue weighted by Crippen LogP contribution is -2.40. The monoisotopic (exact) mass is 483 g/mol. The molecule has 0 aliphatic rings. The molecule has 7 nitrogen and oxygen atoms in total. The van der Waals surface area contributed by atoms with E-state index in [0.29, 0.717) is 12.8 Å². The molecular formula is C25H42NO6P-2. The first-order valence-corrected chi connectivity index (χ1v) is 14.0. The minimum atomic E-state index is -5.09. The molecule has 1 heterocycles. The second kappa shape index (κ2) is 19.0. The average Bonchev–Trinajstić information content (AvgIpc) is 3.27. The van der Waals surface area contributed by atoms with E-state index in [4.69, 9.17) is 4.42 Å². The van der Waals surface area contributed by atoms with Gasteiger partial charge in [-0.3, -0.25) is 4.79 Å². The third-order valence-electron chi connectivity index (χ3n) is 5.53. The molecule has 1 atom stereocenters. The number of amides is 1.